The number of carbonyl (C=O) groups excluding carboxylic acids is 1. The van der Waals surface area contributed by atoms with Crippen molar-refractivity contribution < 1.29 is 42.7 Å². The Morgan fingerprint density at radius 3 is 2.43 bits per heavy atom. The summed E-state index contributed by atoms with van der Waals surface area (Å²) in [7, 11) is 0. The largest absolute Gasteiger partial charge is 0.699 e. The summed E-state index contributed by atoms with van der Waals surface area (Å²) < 4.78 is 0. The van der Waals surface area contributed by atoms with E-state index in [9.17, 15) is 4.79 Å². The molecule has 28 heavy (non-hydrogen) atoms. The Balaban J connectivity index is 0.000000298. The van der Waals surface area contributed by atoms with E-state index in [2.05, 4.69) is 10.5 Å². The molecule has 0 spiro atoms. The Kier molecular flexibility index (Phi) is 8.92. The van der Waals surface area contributed by atoms with Crippen LogP contribution in [0.1, 0.15) is 5.56 Å². The van der Waals surface area contributed by atoms with E-state index in [1.54, 1.807) is 41.6 Å². The molecule has 3 N–H and O–H groups in total. The number of fused-ring (bicyclic) bond motifs is 1. The van der Waals surface area contributed by atoms with Crippen LogP contribution < -0.4 is 10.4 Å². The molecule has 1 aliphatic rings. The fraction of sp³-hybridized carbons (Fsp3) is 0.100. The number of nitrogens with zero attached hydrogens (tertiary/aromatic N) is 2. The zero-order valence-electron chi connectivity index (χ0n) is 15.1. The van der Waals surface area contributed by atoms with E-state index in [4.69, 9.17) is 10.9 Å². The van der Waals surface area contributed by atoms with Crippen molar-refractivity contribution in [3.05, 3.63) is 84.4 Å². The van der Waals surface area contributed by atoms with Gasteiger partial charge in [-0.25, -0.2) is 0 Å². The van der Waals surface area contributed by atoms with E-state index in [0.717, 1.165) is 16.1 Å². The van der Waals surface area contributed by atoms with Crippen molar-refractivity contribution in [2.45, 2.75) is 11.4 Å². The Labute approximate surface area is 193 Å². The van der Waals surface area contributed by atoms with Gasteiger partial charge >= 0.3 is 0 Å². The molecule has 0 bridgehead atoms. The first-order chi connectivity index (χ1) is 13.2. The second kappa shape index (κ2) is 11.2. The maximum absolute atomic E-state index is 12.2. The summed E-state index contributed by atoms with van der Waals surface area (Å²) in [5.74, 6) is 0.535. The zero-order valence-corrected chi connectivity index (χ0v) is 18.7. The molecule has 2 aromatic carbocycles. The molecule has 3 aromatic rings. The Morgan fingerprint density at radius 2 is 1.82 bits per heavy atom. The van der Waals surface area contributed by atoms with Gasteiger partial charge in [-0.15, -0.1) is 17.4 Å². The smallest absolute Gasteiger partial charge is 0.237 e. The quantitative estimate of drug-likeness (QED) is 0.535. The van der Waals surface area contributed by atoms with E-state index in [0.29, 0.717) is 23.7 Å². The normalized spacial score (nSPS) is 12.2. The number of carbonyl (C=O) groups is 1. The third-order valence-corrected chi connectivity index (χ3v) is 4.94. The maximum Gasteiger partial charge on any atom is 0.237 e. The predicted molar refractivity (Wildman–Crippen MR) is 108 cm³/mol. The molecule has 0 saturated carbocycles. The number of thioether (sulfide) groups is 1. The molecular weight excluding hydrogens is 449 g/mol. The Bertz CT molecular complexity index is 897. The minimum absolute atomic E-state index is 0. The van der Waals surface area contributed by atoms with Crippen molar-refractivity contribution >= 4 is 34.7 Å². The van der Waals surface area contributed by atoms with E-state index >= 15 is 0 Å². The topological polar surface area (TPSA) is 89.3 Å². The second-order valence-electron chi connectivity index (χ2n) is 5.78. The Hall–Kier alpha value is -1.93. The van der Waals surface area contributed by atoms with Crippen molar-refractivity contribution in [1.29, 1.82) is 0 Å². The molecule has 0 aliphatic carbocycles. The van der Waals surface area contributed by atoms with Crippen LogP contribution in [0.15, 0.2) is 78.0 Å². The summed E-state index contributed by atoms with van der Waals surface area (Å²) in [4.78, 5) is 18.7. The number of pyridine rings is 1. The first-order valence-electron chi connectivity index (χ1n) is 8.30. The van der Waals surface area contributed by atoms with E-state index in [1.807, 2.05) is 36.4 Å². The molecule has 1 amide bonds. The summed E-state index contributed by atoms with van der Waals surface area (Å²) in [6, 6.07) is 18.7. The fourth-order valence-electron chi connectivity index (χ4n) is 2.56. The van der Waals surface area contributed by atoms with Crippen LogP contribution >= 0.6 is 11.8 Å². The van der Waals surface area contributed by atoms with Crippen LogP contribution in [0.25, 0.3) is 5.73 Å². The zero-order chi connectivity index (χ0) is 19.1. The number of aromatic nitrogens is 1. The van der Waals surface area contributed by atoms with Gasteiger partial charge in [-0.3, -0.25) is 20.5 Å². The number of amides is 1. The first kappa shape index (κ1) is 22.4. The van der Waals surface area contributed by atoms with Gasteiger partial charge < -0.3 is 10.6 Å². The summed E-state index contributed by atoms with van der Waals surface area (Å²) in [5.41, 5.74) is 12.1. The van der Waals surface area contributed by atoms with Crippen molar-refractivity contribution in [2.75, 3.05) is 16.1 Å². The third kappa shape index (κ3) is 6.04. The molecule has 1 aliphatic heterocycles. The average Bonchev–Trinajstić information content (AvgIpc) is 2.71. The third-order valence-electron chi connectivity index (χ3n) is 3.89. The van der Waals surface area contributed by atoms with Crippen molar-refractivity contribution in [2.24, 2.45) is 0 Å². The van der Waals surface area contributed by atoms with Crippen LogP contribution in [0.2, 0.25) is 0 Å². The molecule has 0 atom stereocenters. The molecule has 1 radical (unpaired) electrons. The number of nitrogens with one attached hydrogen (secondary N) is 2. The van der Waals surface area contributed by atoms with E-state index < -0.39 is 0 Å². The van der Waals surface area contributed by atoms with E-state index in [-0.39, 0.29) is 38.6 Å². The van der Waals surface area contributed by atoms with Gasteiger partial charge in [-0.2, -0.15) is 0 Å². The number of hydrogen-bond donors (Lipinski definition) is 2. The SMILES string of the molecule is O=C1CSc2ccc(NO)cc2N1Cc1ccccc1.[NH-]c1ccncc1.[Y]. The van der Waals surface area contributed by atoms with Gasteiger partial charge in [0.25, 0.3) is 0 Å². The number of anilines is 2. The molecule has 4 rings (SSSR count). The molecular formula is C20H19N4O2SY-. The second-order valence-corrected chi connectivity index (χ2v) is 6.80. The van der Waals surface area contributed by atoms with Crippen LogP contribution in [0.5, 0.6) is 0 Å². The van der Waals surface area contributed by atoms with Gasteiger partial charge in [0, 0.05) is 50.0 Å². The van der Waals surface area contributed by atoms with Crippen LogP contribution in [0.3, 0.4) is 0 Å². The standard InChI is InChI=1S/C15H14N2O2S.C5H5N2.Y/c18-15-10-20-14-7-6-12(16-19)8-13(14)17(15)9-11-4-2-1-3-5-11;6-5-1-3-7-4-2-5;/h1-8,16,19H,9-10H2;1-4H,(H-,6,7);/q;-1;. The van der Waals surface area contributed by atoms with Crippen LogP contribution in [0.4, 0.5) is 17.1 Å². The average molecular weight is 468 g/mol. The summed E-state index contributed by atoms with van der Waals surface area (Å²) >= 11 is 1.53. The summed E-state index contributed by atoms with van der Waals surface area (Å²) in [6.45, 7) is 0.544. The minimum atomic E-state index is 0. The molecule has 1 aromatic heterocycles. The van der Waals surface area contributed by atoms with Gasteiger partial charge in [-0.1, -0.05) is 42.5 Å². The van der Waals surface area contributed by atoms with E-state index in [1.165, 1.54) is 11.8 Å². The first-order valence-corrected chi connectivity index (χ1v) is 9.29. The van der Waals surface area contributed by atoms with Gasteiger partial charge in [0.05, 0.1) is 23.7 Å². The fourth-order valence-corrected chi connectivity index (χ4v) is 3.48. The molecule has 0 saturated heterocycles. The van der Waals surface area contributed by atoms with Crippen molar-refractivity contribution in [1.82, 2.24) is 4.98 Å². The minimum Gasteiger partial charge on any atom is -0.699 e. The monoisotopic (exact) mass is 468 g/mol. The molecule has 0 fully saturated rings. The van der Waals surface area contributed by atoms with Crippen LogP contribution in [-0.2, 0) is 44.0 Å². The number of benzene rings is 2. The van der Waals surface area contributed by atoms with Crippen LogP contribution in [0, 0.1) is 0 Å². The van der Waals surface area contributed by atoms with Gasteiger partial charge in [0.2, 0.25) is 5.91 Å². The molecule has 6 nitrogen and oxygen atoms in total. The number of hydrogen-bond acceptors (Lipinski definition) is 5. The number of rotatable bonds is 3. The van der Waals surface area contributed by atoms with Gasteiger partial charge in [0.1, 0.15) is 0 Å². The summed E-state index contributed by atoms with van der Waals surface area (Å²) in [6.07, 6.45) is 3.20. The predicted octanol–water partition coefficient (Wildman–Crippen LogP) is 4.89. The van der Waals surface area contributed by atoms with Crippen molar-refractivity contribution in [3.8, 4) is 0 Å². The summed E-state index contributed by atoms with van der Waals surface area (Å²) in [5, 5.41) is 9.02. The van der Waals surface area contributed by atoms with Gasteiger partial charge in [-0.05, 0) is 23.8 Å². The van der Waals surface area contributed by atoms with Crippen LogP contribution in [-0.4, -0.2) is 21.9 Å². The molecule has 2 heterocycles. The maximum atomic E-state index is 12.2. The molecule has 141 valence electrons. The molecule has 0 unspecified atom stereocenters. The Morgan fingerprint density at radius 1 is 1.11 bits per heavy atom. The van der Waals surface area contributed by atoms with Gasteiger partial charge in [0.15, 0.2) is 0 Å². The van der Waals surface area contributed by atoms with Crippen molar-refractivity contribution in [3.63, 3.8) is 0 Å². The molecule has 8 heteroatoms.